The molecule has 0 spiro atoms. The third-order valence-corrected chi connectivity index (χ3v) is 5.17. The van der Waals surface area contributed by atoms with Gasteiger partial charge in [-0.05, 0) is 18.9 Å². The summed E-state index contributed by atoms with van der Waals surface area (Å²) < 4.78 is 16.4. The zero-order valence-electron chi connectivity index (χ0n) is 15.4. The van der Waals surface area contributed by atoms with Crippen LogP contribution in [-0.4, -0.2) is 37.3 Å². The van der Waals surface area contributed by atoms with Crippen molar-refractivity contribution in [2.75, 3.05) is 26.6 Å². The summed E-state index contributed by atoms with van der Waals surface area (Å²) in [5.41, 5.74) is 2.34. The summed E-state index contributed by atoms with van der Waals surface area (Å²) in [6.45, 7) is 0. The Labute approximate surface area is 155 Å². The Morgan fingerprint density at radius 3 is 2.33 bits per heavy atom. The fraction of sp³-hybridized carbons (Fsp3) is 0.368. The van der Waals surface area contributed by atoms with Gasteiger partial charge in [0.15, 0.2) is 17.3 Å². The number of hydrogen-bond donors (Lipinski definition) is 3. The molecule has 1 unspecified atom stereocenters. The van der Waals surface area contributed by atoms with Gasteiger partial charge < -0.3 is 19.5 Å². The summed E-state index contributed by atoms with van der Waals surface area (Å²) in [6, 6.07) is 3.49. The SMILES string of the molecule is COc1cc(OC)c(C2C3=C(CCCC3=O)Nc3[nH][nH]c(=O)c32)cc1OC. The number of ether oxygens (including phenoxy) is 3. The zero-order valence-corrected chi connectivity index (χ0v) is 15.4. The van der Waals surface area contributed by atoms with E-state index in [1.54, 1.807) is 33.5 Å². The highest BCUT2D eigenvalue weighted by molar-refractivity contribution is 6.01. The lowest BCUT2D eigenvalue weighted by atomic mass is 9.76. The van der Waals surface area contributed by atoms with Crippen LogP contribution in [0.4, 0.5) is 5.82 Å². The Hall–Kier alpha value is -3.16. The second-order valence-corrected chi connectivity index (χ2v) is 6.54. The van der Waals surface area contributed by atoms with Gasteiger partial charge in [0.25, 0.3) is 5.56 Å². The van der Waals surface area contributed by atoms with Gasteiger partial charge in [0.1, 0.15) is 11.6 Å². The molecule has 27 heavy (non-hydrogen) atoms. The number of aromatic nitrogens is 2. The van der Waals surface area contributed by atoms with Crippen molar-refractivity contribution >= 4 is 11.6 Å². The molecule has 0 radical (unpaired) electrons. The summed E-state index contributed by atoms with van der Waals surface area (Å²) in [4.78, 5) is 25.4. The summed E-state index contributed by atoms with van der Waals surface area (Å²) in [5.74, 6) is 1.61. The number of methoxy groups -OCH3 is 3. The molecule has 1 aliphatic heterocycles. The number of aromatic amines is 2. The van der Waals surface area contributed by atoms with Crippen molar-refractivity contribution in [1.29, 1.82) is 0 Å². The van der Waals surface area contributed by atoms with Crippen molar-refractivity contribution in [2.45, 2.75) is 25.2 Å². The van der Waals surface area contributed by atoms with E-state index in [1.165, 1.54) is 0 Å². The Morgan fingerprint density at radius 1 is 0.926 bits per heavy atom. The quantitative estimate of drug-likeness (QED) is 0.762. The van der Waals surface area contributed by atoms with Crippen LogP contribution in [0.25, 0.3) is 0 Å². The van der Waals surface area contributed by atoms with E-state index in [1.807, 2.05) is 0 Å². The van der Waals surface area contributed by atoms with Crippen LogP contribution in [0, 0.1) is 0 Å². The molecule has 2 aromatic rings. The van der Waals surface area contributed by atoms with Gasteiger partial charge in [-0.1, -0.05) is 0 Å². The van der Waals surface area contributed by atoms with E-state index in [9.17, 15) is 9.59 Å². The van der Waals surface area contributed by atoms with Crippen LogP contribution in [-0.2, 0) is 4.79 Å². The van der Waals surface area contributed by atoms with Gasteiger partial charge in [-0.3, -0.25) is 19.8 Å². The second-order valence-electron chi connectivity index (χ2n) is 6.54. The molecule has 1 aromatic carbocycles. The van der Waals surface area contributed by atoms with Crippen molar-refractivity contribution < 1.29 is 19.0 Å². The molecule has 142 valence electrons. The van der Waals surface area contributed by atoms with Crippen LogP contribution >= 0.6 is 0 Å². The van der Waals surface area contributed by atoms with E-state index in [2.05, 4.69) is 15.5 Å². The maximum Gasteiger partial charge on any atom is 0.270 e. The number of benzene rings is 1. The highest BCUT2D eigenvalue weighted by Gasteiger charge is 2.39. The predicted octanol–water partition coefficient (Wildman–Crippen LogP) is 2.29. The summed E-state index contributed by atoms with van der Waals surface area (Å²) >= 11 is 0. The number of rotatable bonds is 4. The van der Waals surface area contributed by atoms with Gasteiger partial charge >= 0.3 is 0 Å². The lowest BCUT2D eigenvalue weighted by Crippen LogP contribution is -2.29. The van der Waals surface area contributed by atoms with Crippen LogP contribution in [0.3, 0.4) is 0 Å². The Balaban J connectivity index is 2.01. The molecule has 8 nitrogen and oxygen atoms in total. The summed E-state index contributed by atoms with van der Waals surface area (Å²) in [7, 11) is 4.63. The molecule has 4 rings (SSSR count). The molecule has 0 saturated carbocycles. The van der Waals surface area contributed by atoms with Crippen LogP contribution in [0.15, 0.2) is 28.2 Å². The van der Waals surface area contributed by atoms with Gasteiger partial charge in [-0.2, -0.15) is 0 Å². The van der Waals surface area contributed by atoms with Crippen molar-refractivity contribution in [2.24, 2.45) is 0 Å². The Morgan fingerprint density at radius 2 is 1.63 bits per heavy atom. The third kappa shape index (κ3) is 2.59. The van der Waals surface area contributed by atoms with Gasteiger partial charge in [-0.25, -0.2) is 0 Å². The number of hydrogen-bond acceptors (Lipinski definition) is 6. The molecule has 1 aromatic heterocycles. The first-order chi connectivity index (χ1) is 13.1. The van der Waals surface area contributed by atoms with Crippen LogP contribution < -0.4 is 25.1 Å². The zero-order chi connectivity index (χ0) is 19.1. The minimum atomic E-state index is -0.547. The van der Waals surface area contributed by atoms with Gasteiger partial charge in [0.2, 0.25) is 0 Å². The molecular formula is C19H21N3O5. The highest BCUT2D eigenvalue weighted by Crippen LogP contribution is 2.48. The average Bonchev–Trinajstić information content (AvgIpc) is 3.06. The van der Waals surface area contributed by atoms with Crippen molar-refractivity contribution in [3.05, 3.63) is 44.9 Å². The molecule has 0 amide bonds. The molecule has 2 aliphatic rings. The average molecular weight is 371 g/mol. The lowest BCUT2D eigenvalue weighted by molar-refractivity contribution is -0.116. The number of carbonyl (C=O) groups excluding carboxylic acids is 1. The van der Waals surface area contributed by atoms with Crippen LogP contribution in [0.2, 0.25) is 0 Å². The number of H-pyrrole nitrogens is 2. The van der Waals surface area contributed by atoms with Crippen molar-refractivity contribution in [1.82, 2.24) is 10.2 Å². The fourth-order valence-electron chi connectivity index (χ4n) is 3.95. The molecule has 0 bridgehead atoms. The van der Waals surface area contributed by atoms with E-state index >= 15 is 0 Å². The first kappa shape index (κ1) is 17.3. The first-order valence-electron chi connectivity index (χ1n) is 8.72. The number of allylic oxidation sites excluding steroid dienone is 2. The summed E-state index contributed by atoms with van der Waals surface area (Å²) in [5, 5.41) is 8.70. The molecule has 0 saturated heterocycles. The lowest BCUT2D eigenvalue weighted by Gasteiger charge is -2.32. The number of ketones is 1. The number of nitrogens with one attached hydrogen (secondary N) is 3. The van der Waals surface area contributed by atoms with E-state index < -0.39 is 5.92 Å². The Bertz CT molecular complexity index is 1000. The van der Waals surface area contributed by atoms with Gasteiger partial charge in [0, 0.05) is 29.3 Å². The Kier molecular flexibility index (Phi) is 4.18. The van der Waals surface area contributed by atoms with Crippen molar-refractivity contribution in [3.63, 3.8) is 0 Å². The topological polar surface area (TPSA) is 105 Å². The minimum Gasteiger partial charge on any atom is -0.496 e. The first-order valence-corrected chi connectivity index (χ1v) is 8.72. The largest absolute Gasteiger partial charge is 0.496 e. The summed E-state index contributed by atoms with van der Waals surface area (Å²) in [6.07, 6.45) is 1.99. The normalized spacial score (nSPS) is 18.5. The predicted molar refractivity (Wildman–Crippen MR) is 98.9 cm³/mol. The molecule has 1 atom stereocenters. The number of carbonyl (C=O) groups is 1. The molecular weight excluding hydrogens is 350 g/mol. The van der Waals surface area contributed by atoms with E-state index in [0.717, 1.165) is 18.5 Å². The molecule has 1 aliphatic carbocycles. The minimum absolute atomic E-state index is 0.0387. The van der Waals surface area contributed by atoms with Gasteiger partial charge in [0.05, 0.1) is 32.8 Å². The van der Waals surface area contributed by atoms with Crippen LogP contribution in [0.1, 0.15) is 36.3 Å². The number of fused-ring (bicyclic) bond motifs is 1. The van der Waals surface area contributed by atoms with Gasteiger partial charge in [-0.15, -0.1) is 0 Å². The second kappa shape index (κ2) is 6.53. The number of anilines is 1. The van der Waals surface area contributed by atoms with E-state index in [-0.39, 0.29) is 11.3 Å². The standard InChI is InChI=1S/C19H21N3O5/c1-25-12-8-14(27-3)13(26-2)7-9(12)15-16-10(5-4-6-11(16)23)20-18-17(15)19(24)22-21-18/h7-8,15H,4-6H2,1-3H3,(H3,20,21,22,24). The van der Waals surface area contributed by atoms with Crippen molar-refractivity contribution in [3.8, 4) is 17.2 Å². The maximum absolute atomic E-state index is 12.8. The third-order valence-electron chi connectivity index (χ3n) is 5.17. The molecule has 2 heterocycles. The molecule has 0 fully saturated rings. The molecule has 3 N–H and O–H groups in total. The fourth-order valence-corrected chi connectivity index (χ4v) is 3.95. The van der Waals surface area contributed by atoms with Crippen LogP contribution in [0.5, 0.6) is 17.2 Å². The number of Topliss-reactive ketones (excluding diaryl/α,β-unsaturated/α-hetero) is 1. The molecule has 8 heteroatoms. The maximum atomic E-state index is 12.8. The highest BCUT2D eigenvalue weighted by atomic mass is 16.5. The van der Waals surface area contributed by atoms with E-state index in [4.69, 9.17) is 14.2 Å². The smallest absolute Gasteiger partial charge is 0.270 e. The van der Waals surface area contributed by atoms with E-state index in [0.29, 0.717) is 46.2 Å². The monoisotopic (exact) mass is 371 g/mol.